The summed E-state index contributed by atoms with van der Waals surface area (Å²) in [5, 5.41) is 0. The maximum Gasteiger partial charge on any atom is 0.217 e. The van der Waals surface area contributed by atoms with Gasteiger partial charge >= 0.3 is 0 Å². The molecular weight excluding hydrogens is 240 g/mol. The second kappa shape index (κ2) is 11.2. The highest BCUT2D eigenvalue weighted by molar-refractivity contribution is 5.81. The highest BCUT2D eigenvalue weighted by atomic mass is 16.7. The number of Topliss-reactive ketones (excluding diaryl/α,β-unsaturated/α-hetero) is 1. The van der Waals surface area contributed by atoms with Gasteiger partial charge in [-0.1, -0.05) is 18.6 Å². The van der Waals surface area contributed by atoms with Gasteiger partial charge in [-0.15, -0.1) is 0 Å². The van der Waals surface area contributed by atoms with Crippen LogP contribution in [0.3, 0.4) is 0 Å². The van der Waals surface area contributed by atoms with Crippen LogP contribution in [0.25, 0.3) is 0 Å². The van der Waals surface area contributed by atoms with Crippen molar-refractivity contribution < 1.29 is 14.3 Å². The standard InChI is InChI=1S/C16H30O3/c1-6-18-16(19-7-2)15(17)12-11-14(5)10-8-9-13(3)4/h9,14,16H,6-8,10-12H2,1-5H3. The lowest BCUT2D eigenvalue weighted by Gasteiger charge is -2.16. The van der Waals surface area contributed by atoms with Crippen molar-refractivity contribution in [2.24, 2.45) is 5.92 Å². The van der Waals surface area contributed by atoms with Crippen molar-refractivity contribution in [3.63, 3.8) is 0 Å². The van der Waals surface area contributed by atoms with E-state index in [-0.39, 0.29) is 5.78 Å². The van der Waals surface area contributed by atoms with Gasteiger partial charge in [-0.25, -0.2) is 0 Å². The van der Waals surface area contributed by atoms with Crippen LogP contribution in [0.5, 0.6) is 0 Å². The molecule has 0 amide bonds. The van der Waals surface area contributed by atoms with E-state index < -0.39 is 6.29 Å². The first-order chi connectivity index (χ1) is 9.01. The topological polar surface area (TPSA) is 35.5 Å². The van der Waals surface area contributed by atoms with Crippen LogP contribution in [0.15, 0.2) is 11.6 Å². The Morgan fingerprint density at radius 3 is 2.16 bits per heavy atom. The Bertz CT molecular complexity index is 261. The Kier molecular flexibility index (Phi) is 10.8. The Hall–Kier alpha value is -0.670. The Morgan fingerprint density at radius 1 is 1.11 bits per heavy atom. The number of carbonyl (C=O) groups excluding carboxylic acids is 1. The third-order valence-electron chi connectivity index (χ3n) is 2.99. The minimum absolute atomic E-state index is 0.0674. The van der Waals surface area contributed by atoms with Gasteiger partial charge in [0.2, 0.25) is 6.29 Å². The zero-order valence-corrected chi connectivity index (χ0v) is 13.2. The largest absolute Gasteiger partial charge is 0.346 e. The number of allylic oxidation sites excluding steroid dienone is 2. The SMILES string of the molecule is CCOC(OCC)C(=O)CCC(C)CCC=C(C)C. The molecule has 0 aromatic carbocycles. The van der Waals surface area contributed by atoms with E-state index in [1.807, 2.05) is 13.8 Å². The molecule has 1 unspecified atom stereocenters. The van der Waals surface area contributed by atoms with Gasteiger partial charge in [0, 0.05) is 19.6 Å². The van der Waals surface area contributed by atoms with Crippen molar-refractivity contribution in [3.8, 4) is 0 Å². The summed E-state index contributed by atoms with van der Waals surface area (Å²) in [5.41, 5.74) is 1.36. The number of hydrogen-bond donors (Lipinski definition) is 0. The number of hydrogen-bond acceptors (Lipinski definition) is 3. The Labute approximate surface area is 118 Å². The molecule has 0 saturated heterocycles. The Morgan fingerprint density at radius 2 is 1.68 bits per heavy atom. The molecule has 0 fully saturated rings. The second-order valence-corrected chi connectivity index (χ2v) is 5.21. The average molecular weight is 270 g/mol. The molecule has 0 N–H and O–H groups in total. The van der Waals surface area contributed by atoms with Gasteiger partial charge in [0.05, 0.1) is 0 Å². The summed E-state index contributed by atoms with van der Waals surface area (Å²) in [6, 6.07) is 0. The summed E-state index contributed by atoms with van der Waals surface area (Å²) in [7, 11) is 0. The van der Waals surface area contributed by atoms with Crippen molar-refractivity contribution >= 4 is 5.78 Å². The fourth-order valence-corrected chi connectivity index (χ4v) is 1.84. The molecule has 0 aromatic heterocycles. The minimum Gasteiger partial charge on any atom is -0.346 e. The third kappa shape index (κ3) is 9.85. The van der Waals surface area contributed by atoms with Gasteiger partial charge < -0.3 is 9.47 Å². The molecule has 0 radical (unpaired) electrons. The molecule has 0 bridgehead atoms. The quantitative estimate of drug-likeness (QED) is 0.418. The maximum atomic E-state index is 11.9. The normalized spacial score (nSPS) is 12.5. The lowest BCUT2D eigenvalue weighted by molar-refractivity contribution is -0.168. The van der Waals surface area contributed by atoms with Crippen molar-refractivity contribution in [3.05, 3.63) is 11.6 Å². The first kappa shape index (κ1) is 18.3. The van der Waals surface area contributed by atoms with E-state index in [1.165, 1.54) is 5.57 Å². The molecule has 19 heavy (non-hydrogen) atoms. The van der Waals surface area contributed by atoms with Crippen LogP contribution >= 0.6 is 0 Å². The van der Waals surface area contributed by atoms with Crippen LogP contribution in [0.1, 0.15) is 60.3 Å². The summed E-state index contributed by atoms with van der Waals surface area (Å²) in [6.07, 6.45) is 5.26. The fraction of sp³-hybridized carbons (Fsp3) is 0.812. The number of ether oxygens (including phenoxy) is 2. The molecule has 0 aliphatic rings. The minimum atomic E-state index is -0.667. The van der Waals surface area contributed by atoms with Gasteiger partial charge in [-0.05, 0) is 52.9 Å². The highest BCUT2D eigenvalue weighted by Gasteiger charge is 2.18. The van der Waals surface area contributed by atoms with Crippen LogP contribution in [-0.2, 0) is 14.3 Å². The second-order valence-electron chi connectivity index (χ2n) is 5.21. The maximum absolute atomic E-state index is 11.9. The number of carbonyl (C=O) groups is 1. The summed E-state index contributed by atoms with van der Waals surface area (Å²) >= 11 is 0. The fourth-order valence-electron chi connectivity index (χ4n) is 1.84. The molecule has 0 spiro atoms. The van der Waals surface area contributed by atoms with E-state index in [1.54, 1.807) is 0 Å². The molecule has 3 nitrogen and oxygen atoms in total. The molecular formula is C16H30O3. The number of ketones is 1. The predicted molar refractivity (Wildman–Crippen MR) is 79.1 cm³/mol. The zero-order valence-electron chi connectivity index (χ0n) is 13.2. The molecule has 112 valence electrons. The highest BCUT2D eigenvalue weighted by Crippen LogP contribution is 2.15. The van der Waals surface area contributed by atoms with Crippen molar-refractivity contribution in [2.45, 2.75) is 66.6 Å². The van der Waals surface area contributed by atoms with Gasteiger partial charge in [0.15, 0.2) is 5.78 Å². The van der Waals surface area contributed by atoms with E-state index in [0.717, 1.165) is 19.3 Å². The van der Waals surface area contributed by atoms with Gasteiger partial charge in [-0.2, -0.15) is 0 Å². The Balaban J connectivity index is 3.95. The van der Waals surface area contributed by atoms with E-state index >= 15 is 0 Å². The zero-order chi connectivity index (χ0) is 14.7. The molecule has 0 saturated carbocycles. The molecule has 0 aromatic rings. The van der Waals surface area contributed by atoms with Gasteiger partial charge in [0.25, 0.3) is 0 Å². The van der Waals surface area contributed by atoms with Crippen LogP contribution in [0, 0.1) is 5.92 Å². The average Bonchev–Trinajstić information content (AvgIpc) is 2.35. The van der Waals surface area contributed by atoms with Crippen molar-refractivity contribution in [1.29, 1.82) is 0 Å². The summed E-state index contributed by atoms with van der Waals surface area (Å²) in [5.74, 6) is 0.626. The summed E-state index contributed by atoms with van der Waals surface area (Å²) in [4.78, 5) is 11.9. The molecule has 0 aliphatic heterocycles. The number of rotatable bonds is 11. The van der Waals surface area contributed by atoms with Crippen molar-refractivity contribution in [2.75, 3.05) is 13.2 Å². The first-order valence-electron chi connectivity index (χ1n) is 7.40. The molecule has 1 atom stereocenters. The van der Waals surface area contributed by atoms with E-state index in [0.29, 0.717) is 25.6 Å². The molecule has 0 rings (SSSR count). The van der Waals surface area contributed by atoms with E-state index in [2.05, 4.69) is 26.8 Å². The van der Waals surface area contributed by atoms with Crippen molar-refractivity contribution in [1.82, 2.24) is 0 Å². The monoisotopic (exact) mass is 270 g/mol. The molecule has 0 heterocycles. The third-order valence-corrected chi connectivity index (χ3v) is 2.99. The summed E-state index contributed by atoms with van der Waals surface area (Å²) in [6.45, 7) is 11.2. The lowest BCUT2D eigenvalue weighted by Crippen LogP contribution is -2.27. The van der Waals surface area contributed by atoms with Crippen LogP contribution in [0.4, 0.5) is 0 Å². The van der Waals surface area contributed by atoms with Gasteiger partial charge in [-0.3, -0.25) is 4.79 Å². The first-order valence-corrected chi connectivity index (χ1v) is 7.40. The van der Waals surface area contributed by atoms with E-state index in [4.69, 9.17) is 9.47 Å². The van der Waals surface area contributed by atoms with Crippen LogP contribution < -0.4 is 0 Å². The lowest BCUT2D eigenvalue weighted by atomic mass is 9.98. The molecule has 3 heteroatoms. The molecule has 0 aliphatic carbocycles. The van der Waals surface area contributed by atoms with Crippen LogP contribution in [0.2, 0.25) is 0 Å². The van der Waals surface area contributed by atoms with Crippen LogP contribution in [-0.4, -0.2) is 25.3 Å². The van der Waals surface area contributed by atoms with Gasteiger partial charge in [0.1, 0.15) is 0 Å². The smallest absolute Gasteiger partial charge is 0.217 e. The summed E-state index contributed by atoms with van der Waals surface area (Å²) < 4.78 is 10.6. The predicted octanol–water partition coefficient (Wildman–Crippen LogP) is 4.12. The van der Waals surface area contributed by atoms with E-state index in [9.17, 15) is 4.79 Å².